The van der Waals surface area contributed by atoms with Gasteiger partial charge in [0.2, 0.25) is 0 Å². The van der Waals surface area contributed by atoms with Crippen LogP contribution in [0.3, 0.4) is 0 Å². The van der Waals surface area contributed by atoms with Gasteiger partial charge in [0.1, 0.15) is 0 Å². The molecule has 28 heavy (non-hydrogen) atoms. The lowest BCUT2D eigenvalue weighted by atomic mass is 10.1. The van der Waals surface area contributed by atoms with E-state index in [1.54, 1.807) is 25.3 Å². The van der Waals surface area contributed by atoms with E-state index in [0.29, 0.717) is 26.6 Å². The van der Waals surface area contributed by atoms with Crippen LogP contribution in [-0.2, 0) is 4.79 Å². The number of hydrogen-bond donors (Lipinski definition) is 1. The Morgan fingerprint density at radius 1 is 1.21 bits per heavy atom. The van der Waals surface area contributed by atoms with Crippen molar-refractivity contribution in [1.29, 1.82) is 0 Å². The average molecular weight is 417 g/mol. The molecule has 146 valence electrons. The van der Waals surface area contributed by atoms with Crippen LogP contribution in [-0.4, -0.2) is 24.3 Å². The monoisotopic (exact) mass is 416 g/mol. The number of hydrogen-bond acceptors (Lipinski definition) is 5. The zero-order valence-corrected chi connectivity index (χ0v) is 17.6. The van der Waals surface area contributed by atoms with Gasteiger partial charge >= 0.3 is 0 Å². The number of methoxy groups -OCH3 is 1. The number of amidine groups is 1. The lowest BCUT2D eigenvalue weighted by molar-refractivity contribution is -0.115. The van der Waals surface area contributed by atoms with Gasteiger partial charge in [-0.1, -0.05) is 29.3 Å². The summed E-state index contributed by atoms with van der Waals surface area (Å²) in [7, 11) is 1.55. The van der Waals surface area contributed by atoms with E-state index in [0.717, 1.165) is 16.8 Å². The number of carbonyl (C=O) groups excluding carboxylic acids is 1. The summed E-state index contributed by atoms with van der Waals surface area (Å²) in [5.41, 5.74) is 2.69. The zero-order valence-electron chi connectivity index (χ0n) is 16.1. The number of aliphatic imine (C=N–C) groups is 1. The third-order valence-electron chi connectivity index (χ3n) is 3.82. The molecular formula is C21H21ClN2O3S. The van der Waals surface area contributed by atoms with Crippen molar-refractivity contribution in [3.8, 4) is 11.5 Å². The predicted octanol–water partition coefficient (Wildman–Crippen LogP) is 5.34. The maximum atomic E-state index is 12.3. The number of ether oxygens (including phenoxy) is 2. The first-order chi connectivity index (χ1) is 13.4. The van der Waals surface area contributed by atoms with E-state index in [1.807, 2.05) is 45.0 Å². The minimum atomic E-state index is -0.201. The van der Waals surface area contributed by atoms with Crippen molar-refractivity contribution >= 4 is 46.2 Å². The molecule has 5 nitrogen and oxygen atoms in total. The number of nitrogens with one attached hydrogen (secondary N) is 1. The predicted molar refractivity (Wildman–Crippen MR) is 116 cm³/mol. The van der Waals surface area contributed by atoms with Crippen LogP contribution in [0.4, 0.5) is 5.69 Å². The van der Waals surface area contributed by atoms with Crippen LogP contribution in [0.15, 0.2) is 46.3 Å². The van der Waals surface area contributed by atoms with Crippen molar-refractivity contribution in [3.05, 3.63) is 57.5 Å². The number of halogens is 1. The summed E-state index contributed by atoms with van der Waals surface area (Å²) in [4.78, 5) is 17.3. The summed E-state index contributed by atoms with van der Waals surface area (Å²) < 4.78 is 11.1. The van der Waals surface area contributed by atoms with Gasteiger partial charge in [-0.2, -0.15) is 0 Å². The SMILES string of the molecule is COc1cc(/C=C2/SC(=Nc3ccc(C)cc3)NC2=O)cc(Cl)c1OC(C)C. The van der Waals surface area contributed by atoms with Crippen LogP contribution < -0.4 is 14.8 Å². The summed E-state index contributed by atoms with van der Waals surface area (Å²) in [6.07, 6.45) is 1.72. The molecule has 0 aromatic heterocycles. The molecule has 2 aromatic carbocycles. The van der Waals surface area contributed by atoms with Crippen molar-refractivity contribution < 1.29 is 14.3 Å². The molecule has 1 aliphatic heterocycles. The average Bonchev–Trinajstić information content (AvgIpc) is 2.97. The number of aryl methyl sites for hydroxylation is 1. The minimum absolute atomic E-state index is 0.0349. The third kappa shape index (κ3) is 4.88. The maximum absolute atomic E-state index is 12.3. The molecule has 7 heteroatoms. The summed E-state index contributed by atoms with van der Waals surface area (Å²) in [6, 6.07) is 11.3. The van der Waals surface area contributed by atoms with Gasteiger partial charge in [0.05, 0.1) is 28.8 Å². The maximum Gasteiger partial charge on any atom is 0.264 e. The Labute approximate surface area is 173 Å². The van der Waals surface area contributed by atoms with Crippen LogP contribution in [0.1, 0.15) is 25.0 Å². The van der Waals surface area contributed by atoms with Gasteiger partial charge in [-0.05, 0) is 68.4 Å². The first-order valence-electron chi connectivity index (χ1n) is 8.76. The molecule has 0 bridgehead atoms. The van der Waals surface area contributed by atoms with Crippen molar-refractivity contribution in [2.75, 3.05) is 7.11 Å². The van der Waals surface area contributed by atoms with Crippen molar-refractivity contribution in [1.82, 2.24) is 5.32 Å². The molecular weight excluding hydrogens is 396 g/mol. The van der Waals surface area contributed by atoms with Gasteiger partial charge in [0, 0.05) is 0 Å². The van der Waals surface area contributed by atoms with Crippen molar-refractivity contribution in [2.24, 2.45) is 4.99 Å². The Bertz CT molecular complexity index is 953. The molecule has 1 heterocycles. The molecule has 2 aromatic rings. The lowest BCUT2D eigenvalue weighted by Crippen LogP contribution is -2.19. The van der Waals surface area contributed by atoms with E-state index in [9.17, 15) is 4.79 Å². The highest BCUT2D eigenvalue weighted by molar-refractivity contribution is 8.18. The van der Waals surface area contributed by atoms with Crippen molar-refractivity contribution in [3.63, 3.8) is 0 Å². The minimum Gasteiger partial charge on any atom is -0.493 e. The highest BCUT2D eigenvalue weighted by Crippen LogP contribution is 2.38. The second-order valence-corrected chi connectivity index (χ2v) is 7.96. The van der Waals surface area contributed by atoms with Crippen LogP contribution in [0, 0.1) is 6.92 Å². The fourth-order valence-corrected chi connectivity index (χ4v) is 3.65. The molecule has 1 saturated heterocycles. The van der Waals surface area contributed by atoms with Crippen LogP contribution in [0.2, 0.25) is 5.02 Å². The number of nitrogens with zero attached hydrogens (tertiary/aromatic N) is 1. The molecule has 0 atom stereocenters. The summed E-state index contributed by atoms with van der Waals surface area (Å²) >= 11 is 7.64. The van der Waals surface area contributed by atoms with E-state index in [1.165, 1.54) is 11.8 Å². The van der Waals surface area contributed by atoms with E-state index in [-0.39, 0.29) is 12.0 Å². The van der Waals surface area contributed by atoms with E-state index < -0.39 is 0 Å². The van der Waals surface area contributed by atoms with Gasteiger partial charge in [-0.3, -0.25) is 4.79 Å². The molecule has 0 unspecified atom stereocenters. The fourth-order valence-electron chi connectivity index (χ4n) is 2.54. The Hall–Kier alpha value is -2.44. The summed E-state index contributed by atoms with van der Waals surface area (Å²) in [5, 5.41) is 3.75. The molecule has 0 spiro atoms. The Kier molecular flexibility index (Phi) is 6.31. The quantitative estimate of drug-likeness (QED) is 0.668. The number of thioether (sulfide) groups is 1. The molecule has 0 aliphatic carbocycles. The normalized spacial score (nSPS) is 16.7. The number of carbonyl (C=O) groups is 1. The van der Waals surface area contributed by atoms with Gasteiger partial charge in [-0.25, -0.2) is 4.99 Å². The third-order valence-corrected chi connectivity index (χ3v) is 5.01. The van der Waals surface area contributed by atoms with Crippen LogP contribution >= 0.6 is 23.4 Å². The molecule has 0 radical (unpaired) electrons. The van der Waals surface area contributed by atoms with Gasteiger partial charge < -0.3 is 14.8 Å². The molecule has 1 N–H and O–H groups in total. The Balaban J connectivity index is 1.86. The first-order valence-corrected chi connectivity index (χ1v) is 9.95. The van der Waals surface area contributed by atoms with E-state index in [2.05, 4.69) is 10.3 Å². The molecule has 0 saturated carbocycles. The Morgan fingerprint density at radius 3 is 2.57 bits per heavy atom. The van der Waals surface area contributed by atoms with E-state index in [4.69, 9.17) is 21.1 Å². The highest BCUT2D eigenvalue weighted by Gasteiger charge is 2.24. The van der Waals surface area contributed by atoms with Gasteiger partial charge in [-0.15, -0.1) is 0 Å². The molecule has 1 fully saturated rings. The lowest BCUT2D eigenvalue weighted by Gasteiger charge is -2.15. The highest BCUT2D eigenvalue weighted by atomic mass is 35.5. The topological polar surface area (TPSA) is 59.9 Å². The number of benzene rings is 2. The van der Waals surface area contributed by atoms with Crippen molar-refractivity contribution in [2.45, 2.75) is 26.9 Å². The molecule has 3 rings (SSSR count). The second kappa shape index (κ2) is 8.71. The Morgan fingerprint density at radius 2 is 1.93 bits per heavy atom. The summed E-state index contributed by atoms with van der Waals surface area (Å²) in [6.45, 7) is 5.85. The largest absolute Gasteiger partial charge is 0.493 e. The van der Waals surface area contributed by atoms with Gasteiger partial charge in [0.15, 0.2) is 16.7 Å². The second-order valence-electron chi connectivity index (χ2n) is 6.52. The smallest absolute Gasteiger partial charge is 0.264 e. The van der Waals surface area contributed by atoms with Crippen LogP contribution in [0.5, 0.6) is 11.5 Å². The fraction of sp³-hybridized carbons (Fsp3) is 0.238. The zero-order chi connectivity index (χ0) is 20.3. The number of amides is 1. The van der Waals surface area contributed by atoms with Gasteiger partial charge in [0.25, 0.3) is 5.91 Å². The summed E-state index contributed by atoms with van der Waals surface area (Å²) in [5.74, 6) is 0.810. The molecule has 1 aliphatic rings. The standard InChI is InChI=1S/C21H21ClN2O3S/c1-12(2)27-19-16(22)9-14(10-17(19)26-4)11-18-20(25)24-21(28-18)23-15-7-5-13(3)6-8-15/h5-12H,1-4H3,(H,23,24,25)/b18-11+. The molecule has 1 amide bonds. The van der Waals surface area contributed by atoms with Crippen LogP contribution in [0.25, 0.3) is 6.08 Å². The number of rotatable bonds is 5. The first kappa shape index (κ1) is 20.3. The van der Waals surface area contributed by atoms with E-state index >= 15 is 0 Å².